The molecule has 88 valence electrons. The van der Waals surface area contributed by atoms with Gasteiger partial charge in [0.05, 0.1) is 17.9 Å². The molecule has 0 amide bonds. The number of carboxylic acids is 1. The molecule has 5 nitrogen and oxygen atoms in total. The van der Waals surface area contributed by atoms with Crippen molar-refractivity contribution in [1.29, 1.82) is 0 Å². The molecule has 0 aromatic heterocycles. The maximum Gasteiger partial charge on any atom is 0.304 e. The van der Waals surface area contributed by atoms with Gasteiger partial charge in [0, 0.05) is 0 Å². The van der Waals surface area contributed by atoms with Crippen LogP contribution in [0.4, 0.5) is 10.1 Å². The predicted octanol–water partition coefficient (Wildman–Crippen LogP) is 1.04. The van der Waals surface area contributed by atoms with E-state index in [0.717, 1.165) is 6.07 Å². The summed E-state index contributed by atoms with van der Waals surface area (Å²) < 4.78 is 37.4. The van der Waals surface area contributed by atoms with Crippen LogP contribution < -0.4 is 4.72 Å². The van der Waals surface area contributed by atoms with E-state index in [4.69, 9.17) is 5.11 Å². The predicted molar refractivity (Wildman–Crippen MR) is 56.1 cm³/mol. The van der Waals surface area contributed by atoms with Crippen molar-refractivity contribution in [1.82, 2.24) is 0 Å². The van der Waals surface area contributed by atoms with Gasteiger partial charge in [0.1, 0.15) is 5.82 Å². The van der Waals surface area contributed by atoms with Crippen molar-refractivity contribution in [2.24, 2.45) is 0 Å². The van der Waals surface area contributed by atoms with Crippen LogP contribution in [0.3, 0.4) is 0 Å². The van der Waals surface area contributed by atoms with Crippen molar-refractivity contribution in [3.8, 4) is 0 Å². The van der Waals surface area contributed by atoms with E-state index < -0.39 is 34.0 Å². The summed E-state index contributed by atoms with van der Waals surface area (Å²) in [7, 11) is -3.74. The van der Waals surface area contributed by atoms with E-state index in [-0.39, 0.29) is 5.69 Å². The summed E-state index contributed by atoms with van der Waals surface area (Å²) in [5.74, 6) is -2.32. The second-order valence-corrected chi connectivity index (χ2v) is 4.92. The maximum atomic E-state index is 12.7. The van der Waals surface area contributed by atoms with E-state index >= 15 is 0 Å². The molecule has 1 aromatic rings. The number of aliphatic carboxylic acids is 1. The standard InChI is InChI=1S/C9H10FNO4S/c10-7-2-1-3-8(6-7)11-16(14,15)5-4-9(12)13/h1-3,6,11H,4-5H2,(H,12,13). The molecule has 0 aliphatic heterocycles. The number of hydrogen-bond acceptors (Lipinski definition) is 3. The van der Waals surface area contributed by atoms with Crippen LogP contribution in [0.25, 0.3) is 0 Å². The van der Waals surface area contributed by atoms with Crippen molar-refractivity contribution < 1.29 is 22.7 Å². The molecule has 0 atom stereocenters. The fraction of sp³-hybridized carbons (Fsp3) is 0.222. The monoisotopic (exact) mass is 247 g/mol. The van der Waals surface area contributed by atoms with E-state index in [9.17, 15) is 17.6 Å². The first-order chi connectivity index (χ1) is 7.39. The quantitative estimate of drug-likeness (QED) is 0.814. The SMILES string of the molecule is O=C(O)CCS(=O)(=O)Nc1cccc(F)c1. The number of carbonyl (C=O) groups is 1. The molecular weight excluding hydrogens is 237 g/mol. The molecule has 0 saturated carbocycles. The average Bonchev–Trinajstić information content (AvgIpc) is 2.14. The fourth-order valence-electron chi connectivity index (χ4n) is 1.00. The molecule has 1 rings (SSSR count). The highest BCUT2D eigenvalue weighted by molar-refractivity contribution is 7.92. The number of anilines is 1. The van der Waals surface area contributed by atoms with E-state index in [1.54, 1.807) is 0 Å². The first-order valence-corrected chi connectivity index (χ1v) is 6.02. The van der Waals surface area contributed by atoms with E-state index in [1.165, 1.54) is 18.2 Å². The third-order valence-corrected chi connectivity index (χ3v) is 2.97. The molecular formula is C9H10FNO4S. The fourth-order valence-corrected chi connectivity index (χ4v) is 2.04. The second kappa shape index (κ2) is 4.93. The van der Waals surface area contributed by atoms with Gasteiger partial charge in [0.25, 0.3) is 0 Å². The van der Waals surface area contributed by atoms with Crippen molar-refractivity contribution >= 4 is 21.7 Å². The van der Waals surface area contributed by atoms with Crippen LogP contribution in [0.5, 0.6) is 0 Å². The Morgan fingerprint density at radius 2 is 2.12 bits per heavy atom. The minimum Gasteiger partial charge on any atom is -0.481 e. The van der Waals surface area contributed by atoms with E-state index in [0.29, 0.717) is 0 Å². The normalized spacial score (nSPS) is 11.1. The van der Waals surface area contributed by atoms with E-state index in [1.807, 2.05) is 0 Å². The van der Waals surface area contributed by atoms with Crippen molar-refractivity contribution in [2.45, 2.75) is 6.42 Å². The Morgan fingerprint density at radius 1 is 1.44 bits per heavy atom. The lowest BCUT2D eigenvalue weighted by Gasteiger charge is -2.06. The lowest BCUT2D eigenvalue weighted by molar-refractivity contribution is -0.136. The van der Waals surface area contributed by atoms with Crippen LogP contribution >= 0.6 is 0 Å². The molecule has 0 aliphatic carbocycles. The van der Waals surface area contributed by atoms with Gasteiger partial charge in [-0.2, -0.15) is 0 Å². The topological polar surface area (TPSA) is 83.5 Å². The number of halogens is 1. The van der Waals surface area contributed by atoms with Gasteiger partial charge < -0.3 is 5.11 Å². The van der Waals surface area contributed by atoms with E-state index in [2.05, 4.69) is 4.72 Å². The molecule has 0 heterocycles. The minimum absolute atomic E-state index is 0.0744. The van der Waals surface area contributed by atoms with Crippen LogP contribution in [0, 0.1) is 5.82 Å². The molecule has 0 radical (unpaired) electrons. The first kappa shape index (κ1) is 12.4. The Morgan fingerprint density at radius 3 is 2.69 bits per heavy atom. The summed E-state index contributed by atoms with van der Waals surface area (Å²) in [6.07, 6.45) is -0.495. The zero-order valence-electron chi connectivity index (χ0n) is 8.18. The Hall–Kier alpha value is -1.63. The lowest BCUT2D eigenvalue weighted by Crippen LogP contribution is -2.18. The molecule has 0 bridgehead atoms. The molecule has 0 spiro atoms. The molecule has 0 unspecified atom stereocenters. The smallest absolute Gasteiger partial charge is 0.304 e. The highest BCUT2D eigenvalue weighted by atomic mass is 32.2. The summed E-state index contributed by atoms with van der Waals surface area (Å²) in [5.41, 5.74) is 0.0744. The molecule has 1 aromatic carbocycles. The number of hydrogen-bond donors (Lipinski definition) is 2. The number of benzene rings is 1. The molecule has 0 saturated heterocycles. The van der Waals surface area contributed by atoms with Gasteiger partial charge in [0.2, 0.25) is 10.0 Å². The molecule has 0 fully saturated rings. The van der Waals surface area contributed by atoms with Gasteiger partial charge in [-0.1, -0.05) is 6.07 Å². The number of sulfonamides is 1. The van der Waals surface area contributed by atoms with Crippen LogP contribution in [0.15, 0.2) is 24.3 Å². The second-order valence-electron chi connectivity index (χ2n) is 3.08. The Labute approximate surface area is 92.0 Å². The third kappa shape index (κ3) is 4.26. The van der Waals surface area contributed by atoms with Crippen molar-refractivity contribution in [3.63, 3.8) is 0 Å². The van der Waals surface area contributed by atoms with Gasteiger partial charge in [-0.25, -0.2) is 12.8 Å². The minimum atomic E-state index is -3.74. The maximum absolute atomic E-state index is 12.7. The lowest BCUT2D eigenvalue weighted by atomic mass is 10.3. The van der Waals surface area contributed by atoms with Crippen molar-refractivity contribution in [2.75, 3.05) is 10.5 Å². The Kier molecular flexibility index (Phi) is 3.83. The highest BCUT2D eigenvalue weighted by Crippen LogP contribution is 2.11. The number of carboxylic acid groups (broad SMARTS) is 1. The average molecular weight is 247 g/mol. The summed E-state index contributed by atoms with van der Waals surface area (Å²) in [5, 5.41) is 8.33. The highest BCUT2D eigenvalue weighted by Gasteiger charge is 2.12. The first-order valence-electron chi connectivity index (χ1n) is 4.37. The largest absolute Gasteiger partial charge is 0.481 e. The number of nitrogens with one attached hydrogen (secondary N) is 1. The molecule has 2 N–H and O–H groups in total. The summed E-state index contributed by atoms with van der Waals surface area (Å²) in [6.45, 7) is 0. The van der Waals surface area contributed by atoms with Crippen LogP contribution in [-0.2, 0) is 14.8 Å². The molecule has 16 heavy (non-hydrogen) atoms. The zero-order valence-corrected chi connectivity index (χ0v) is 9.00. The third-order valence-electron chi connectivity index (χ3n) is 1.68. The summed E-state index contributed by atoms with van der Waals surface area (Å²) >= 11 is 0. The van der Waals surface area contributed by atoms with Crippen LogP contribution in [-0.4, -0.2) is 25.2 Å². The Bertz CT molecular complexity index is 486. The molecule has 7 heteroatoms. The zero-order chi connectivity index (χ0) is 12.2. The van der Waals surface area contributed by atoms with Gasteiger partial charge in [0.15, 0.2) is 0 Å². The summed E-state index contributed by atoms with van der Waals surface area (Å²) in [6, 6.07) is 4.92. The van der Waals surface area contributed by atoms with Crippen LogP contribution in [0.1, 0.15) is 6.42 Å². The van der Waals surface area contributed by atoms with Gasteiger partial charge in [-0.05, 0) is 18.2 Å². The van der Waals surface area contributed by atoms with Gasteiger partial charge in [-0.3, -0.25) is 9.52 Å². The number of rotatable bonds is 5. The van der Waals surface area contributed by atoms with Gasteiger partial charge >= 0.3 is 5.97 Å². The summed E-state index contributed by atoms with van der Waals surface area (Å²) in [4.78, 5) is 10.2. The molecule has 0 aliphatic rings. The van der Waals surface area contributed by atoms with Crippen molar-refractivity contribution in [3.05, 3.63) is 30.1 Å². The Balaban J connectivity index is 2.69. The van der Waals surface area contributed by atoms with Crippen LogP contribution in [0.2, 0.25) is 0 Å². The van der Waals surface area contributed by atoms with Gasteiger partial charge in [-0.15, -0.1) is 0 Å².